The molecule has 126 valence electrons. The van der Waals surface area contributed by atoms with Crippen molar-refractivity contribution < 1.29 is 9.32 Å². The molecule has 0 N–H and O–H groups in total. The van der Waals surface area contributed by atoms with Gasteiger partial charge in [0.2, 0.25) is 5.89 Å². The second-order valence-electron chi connectivity index (χ2n) is 6.76. The van der Waals surface area contributed by atoms with E-state index in [-0.39, 0.29) is 5.91 Å². The van der Waals surface area contributed by atoms with E-state index in [4.69, 9.17) is 16.1 Å². The zero-order valence-corrected chi connectivity index (χ0v) is 14.2. The summed E-state index contributed by atoms with van der Waals surface area (Å²) in [7, 11) is 0. The number of hydrogen-bond acceptors (Lipinski definition) is 4. The Bertz CT molecular complexity index is 741. The Labute approximate surface area is 146 Å². The SMILES string of the molecule is O=C(c1ccccc1Cl)N1CCC[C@H](Cc2nc(C3CC3)no2)C1. The Morgan fingerprint density at radius 3 is 2.92 bits per heavy atom. The average molecular weight is 346 g/mol. The average Bonchev–Trinajstić information content (AvgIpc) is 3.35. The maximum absolute atomic E-state index is 12.7. The number of nitrogens with zero attached hydrogens (tertiary/aromatic N) is 3. The highest BCUT2D eigenvalue weighted by atomic mass is 35.5. The van der Waals surface area contributed by atoms with Gasteiger partial charge in [-0.3, -0.25) is 4.79 Å². The molecule has 1 aliphatic carbocycles. The molecule has 1 aromatic carbocycles. The molecule has 6 heteroatoms. The Morgan fingerprint density at radius 1 is 1.29 bits per heavy atom. The molecule has 0 spiro atoms. The summed E-state index contributed by atoms with van der Waals surface area (Å²) in [5.74, 6) is 2.43. The van der Waals surface area contributed by atoms with Crippen LogP contribution < -0.4 is 0 Å². The van der Waals surface area contributed by atoms with Gasteiger partial charge in [0.25, 0.3) is 5.91 Å². The lowest BCUT2D eigenvalue weighted by Crippen LogP contribution is -2.40. The van der Waals surface area contributed by atoms with Crippen molar-refractivity contribution in [1.29, 1.82) is 0 Å². The quantitative estimate of drug-likeness (QED) is 0.847. The van der Waals surface area contributed by atoms with Crippen LogP contribution in [0.3, 0.4) is 0 Å². The normalized spacial score (nSPS) is 21.0. The van der Waals surface area contributed by atoms with E-state index in [1.54, 1.807) is 12.1 Å². The van der Waals surface area contributed by atoms with Crippen LogP contribution in [0.15, 0.2) is 28.8 Å². The molecular formula is C18H20ClN3O2. The molecule has 1 aliphatic heterocycles. The van der Waals surface area contributed by atoms with E-state index in [2.05, 4.69) is 10.1 Å². The van der Waals surface area contributed by atoms with Crippen molar-refractivity contribution in [3.05, 3.63) is 46.6 Å². The van der Waals surface area contributed by atoms with Gasteiger partial charge in [-0.15, -0.1) is 0 Å². The van der Waals surface area contributed by atoms with Crippen molar-refractivity contribution >= 4 is 17.5 Å². The van der Waals surface area contributed by atoms with Crippen molar-refractivity contribution in [2.24, 2.45) is 5.92 Å². The highest BCUT2D eigenvalue weighted by Crippen LogP contribution is 2.38. The van der Waals surface area contributed by atoms with Crippen molar-refractivity contribution in [1.82, 2.24) is 15.0 Å². The van der Waals surface area contributed by atoms with Crippen LogP contribution in [0.1, 0.15) is 53.7 Å². The molecule has 1 saturated carbocycles. The number of carbonyl (C=O) groups is 1. The number of likely N-dealkylation sites (tertiary alicyclic amines) is 1. The van der Waals surface area contributed by atoms with Gasteiger partial charge >= 0.3 is 0 Å². The number of aromatic nitrogens is 2. The van der Waals surface area contributed by atoms with E-state index in [1.807, 2.05) is 17.0 Å². The predicted octanol–water partition coefficient (Wildman–Crippen LogP) is 3.70. The molecule has 1 atom stereocenters. The van der Waals surface area contributed by atoms with Gasteiger partial charge in [-0.25, -0.2) is 0 Å². The molecule has 1 amide bonds. The summed E-state index contributed by atoms with van der Waals surface area (Å²) < 4.78 is 5.38. The molecule has 24 heavy (non-hydrogen) atoms. The fourth-order valence-corrected chi connectivity index (χ4v) is 3.54. The first-order valence-corrected chi connectivity index (χ1v) is 8.95. The number of halogens is 1. The first-order chi connectivity index (χ1) is 11.7. The van der Waals surface area contributed by atoms with Gasteiger partial charge in [0, 0.05) is 25.4 Å². The van der Waals surface area contributed by atoms with Crippen molar-refractivity contribution in [2.45, 2.75) is 38.0 Å². The van der Waals surface area contributed by atoms with Crippen LogP contribution in [0.25, 0.3) is 0 Å². The van der Waals surface area contributed by atoms with Crippen LogP contribution in [0.5, 0.6) is 0 Å². The summed E-state index contributed by atoms with van der Waals surface area (Å²) in [6.07, 6.45) is 5.15. The van der Waals surface area contributed by atoms with Gasteiger partial charge in [0.05, 0.1) is 10.6 Å². The monoisotopic (exact) mass is 345 g/mol. The van der Waals surface area contributed by atoms with Gasteiger partial charge in [-0.05, 0) is 43.7 Å². The molecule has 2 aromatic rings. The third kappa shape index (κ3) is 3.31. The number of piperidine rings is 1. The van der Waals surface area contributed by atoms with Crippen molar-refractivity contribution in [3.8, 4) is 0 Å². The lowest BCUT2D eigenvalue weighted by Gasteiger charge is -2.32. The molecule has 2 aliphatic rings. The highest BCUT2D eigenvalue weighted by Gasteiger charge is 2.30. The lowest BCUT2D eigenvalue weighted by molar-refractivity contribution is 0.0668. The Hall–Kier alpha value is -1.88. The number of rotatable bonds is 4. The van der Waals surface area contributed by atoms with E-state index in [9.17, 15) is 4.79 Å². The maximum Gasteiger partial charge on any atom is 0.255 e. The number of amides is 1. The van der Waals surface area contributed by atoms with Crippen molar-refractivity contribution in [3.63, 3.8) is 0 Å². The fourth-order valence-electron chi connectivity index (χ4n) is 3.33. The van der Waals surface area contributed by atoms with E-state index in [0.29, 0.717) is 34.9 Å². The van der Waals surface area contributed by atoms with E-state index >= 15 is 0 Å². The van der Waals surface area contributed by atoms with E-state index in [1.165, 1.54) is 12.8 Å². The zero-order valence-electron chi connectivity index (χ0n) is 13.4. The van der Waals surface area contributed by atoms with E-state index < -0.39 is 0 Å². The van der Waals surface area contributed by atoms with Gasteiger partial charge in [0.1, 0.15) is 0 Å². The van der Waals surface area contributed by atoms with E-state index in [0.717, 1.165) is 31.6 Å². The summed E-state index contributed by atoms with van der Waals surface area (Å²) in [6, 6.07) is 7.23. The van der Waals surface area contributed by atoms with Crippen LogP contribution in [0.4, 0.5) is 0 Å². The molecule has 0 unspecified atom stereocenters. The van der Waals surface area contributed by atoms with Gasteiger partial charge in [-0.2, -0.15) is 4.98 Å². The van der Waals surface area contributed by atoms with Crippen LogP contribution in [0.2, 0.25) is 5.02 Å². The molecule has 0 bridgehead atoms. The van der Waals surface area contributed by atoms with Gasteiger partial charge in [-0.1, -0.05) is 28.9 Å². The highest BCUT2D eigenvalue weighted by molar-refractivity contribution is 6.33. The second kappa shape index (κ2) is 6.55. The summed E-state index contributed by atoms with van der Waals surface area (Å²) >= 11 is 6.16. The molecule has 4 rings (SSSR count). The minimum Gasteiger partial charge on any atom is -0.339 e. The summed E-state index contributed by atoms with van der Waals surface area (Å²) in [5, 5.41) is 4.58. The minimum absolute atomic E-state index is 0.00879. The summed E-state index contributed by atoms with van der Waals surface area (Å²) in [6.45, 7) is 1.49. The van der Waals surface area contributed by atoms with Crippen LogP contribution >= 0.6 is 11.6 Å². The topological polar surface area (TPSA) is 59.2 Å². The van der Waals surface area contributed by atoms with Gasteiger partial charge in [0.15, 0.2) is 5.82 Å². The van der Waals surface area contributed by atoms with Crippen LogP contribution in [-0.4, -0.2) is 34.0 Å². The molecule has 2 heterocycles. The summed E-state index contributed by atoms with van der Waals surface area (Å²) in [4.78, 5) is 19.1. The number of benzene rings is 1. The first-order valence-electron chi connectivity index (χ1n) is 8.57. The van der Waals surface area contributed by atoms with Crippen LogP contribution in [0, 0.1) is 5.92 Å². The molecule has 2 fully saturated rings. The first kappa shape index (κ1) is 15.6. The molecular weight excluding hydrogens is 326 g/mol. The third-order valence-electron chi connectivity index (χ3n) is 4.80. The fraction of sp³-hybridized carbons (Fsp3) is 0.500. The van der Waals surface area contributed by atoms with Crippen molar-refractivity contribution in [2.75, 3.05) is 13.1 Å². The molecule has 5 nitrogen and oxygen atoms in total. The Balaban J connectivity index is 1.41. The van der Waals surface area contributed by atoms with Gasteiger partial charge < -0.3 is 9.42 Å². The zero-order chi connectivity index (χ0) is 16.5. The van der Waals surface area contributed by atoms with Crippen LogP contribution in [-0.2, 0) is 6.42 Å². The summed E-state index contributed by atoms with van der Waals surface area (Å²) in [5.41, 5.74) is 0.577. The number of hydrogen-bond donors (Lipinski definition) is 0. The molecule has 0 radical (unpaired) electrons. The smallest absolute Gasteiger partial charge is 0.255 e. The Kier molecular flexibility index (Phi) is 4.27. The predicted molar refractivity (Wildman–Crippen MR) is 90.1 cm³/mol. The maximum atomic E-state index is 12.7. The third-order valence-corrected chi connectivity index (χ3v) is 5.13. The number of carbonyl (C=O) groups excluding carboxylic acids is 1. The minimum atomic E-state index is 0.00879. The second-order valence-corrected chi connectivity index (χ2v) is 7.17. The largest absolute Gasteiger partial charge is 0.339 e. The molecule has 1 saturated heterocycles. The Morgan fingerprint density at radius 2 is 2.12 bits per heavy atom. The standard InChI is InChI=1S/C18H20ClN3O2/c19-15-6-2-1-5-14(15)18(23)22-9-3-4-12(11-22)10-16-20-17(21-24-16)13-7-8-13/h1-2,5-6,12-13H,3-4,7-11H2/t12-/m1/s1. The molecule has 1 aromatic heterocycles. The lowest BCUT2D eigenvalue weighted by atomic mass is 9.94.